The van der Waals surface area contributed by atoms with Crippen LogP contribution in [0.5, 0.6) is 0 Å². The van der Waals surface area contributed by atoms with Gasteiger partial charge in [0.1, 0.15) is 6.29 Å². The van der Waals surface area contributed by atoms with Crippen molar-refractivity contribution in [2.24, 2.45) is 0 Å². The molecular weight excluding hydrogens is 430 g/mol. The van der Waals surface area contributed by atoms with Gasteiger partial charge in [0, 0.05) is 30.8 Å². The maximum Gasteiger partial charge on any atom is 0.267 e. The summed E-state index contributed by atoms with van der Waals surface area (Å²) in [5.41, 5.74) is 2.93. The molecule has 0 atom stereocenters. The van der Waals surface area contributed by atoms with Crippen LogP contribution in [0.2, 0.25) is 0 Å². The molecule has 2 aromatic carbocycles. The van der Waals surface area contributed by atoms with E-state index in [0.29, 0.717) is 31.0 Å². The summed E-state index contributed by atoms with van der Waals surface area (Å²) in [6, 6.07) is 20.0. The molecule has 0 fully saturated rings. The number of unbranched alkanes of at least 4 members (excludes halogenated alkanes) is 1. The van der Waals surface area contributed by atoms with Gasteiger partial charge in [-0.3, -0.25) is 9.59 Å². The van der Waals surface area contributed by atoms with Gasteiger partial charge in [0.05, 0.1) is 18.8 Å². The van der Waals surface area contributed by atoms with Crippen LogP contribution in [0.15, 0.2) is 71.5 Å². The molecule has 182 valence electrons. The van der Waals surface area contributed by atoms with E-state index in [1.54, 1.807) is 25.3 Å². The number of hydrogen-bond donors (Lipinski definition) is 1. The third-order valence-electron chi connectivity index (χ3n) is 4.58. The third-order valence-corrected chi connectivity index (χ3v) is 4.58. The zero-order valence-corrected chi connectivity index (χ0v) is 20.5. The summed E-state index contributed by atoms with van der Waals surface area (Å²) in [4.78, 5) is 33.0. The van der Waals surface area contributed by atoms with Crippen molar-refractivity contribution in [3.8, 4) is 11.3 Å². The molecule has 0 aliphatic heterocycles. The zero-order chi connectivity index (χ0) is 25.2. The number of hydrogen-bond acceptors (Lipinski definition) is 5. The smallest absolute Gasteiger partial charge is 0.267 e. The maximum absolute atomic E-state index is 12.1. The largest absolute Gasteiger partial charge is 0.383 e. The van der Waals surface area contributed by atoms with Crippen LogP contribution in [0.4, 0.5) is 0 Å². The van der Waals surface area contributed by atoms with Gasteiger partial charge in [0.15, 0.2) is 0 Å². The Morgan fingerprint density at radius 2 is 1.62 bits per heavy atom. The Morgan fingerprint density at radius 1 is 1.00 bits per heavy atom. The first-order valence-corrected chi connectivity index (χ1v) is 11.4. The molecule has 0 saturated heterocycles. The highest BCUT2D eigenvalue weighted by atomic mass is 16.5. The number of aldehydes is 1. The van der Waals surface area contributed by atoms with Gasteiger partial charge >= 0.3 is 0 Å². The zero-order valence-electron chi connectivity index (χ0n) is 20.5. The summed E-state index contributed by atoms with van der Waals surface area (Å²) in [5.74, 6) is -0.152. The number of amides is 1. The van der Waals surface area contributed by atoms with Crippen LogP contribution in [0.3, 0.4) is 0 Å². The molecule has 34 heavy (non-hydrogen) atoms. The number of nitrogens with zero attached hydrogens (tertiary/aromatic N) is 2. The van der Waals surface area contributed by atoms with Crippen LogP contribution in [-0.2, 0) is 16.1 Å². The summed E-state index contributed by atoms with van der Waals surface area (Å²) >= 11 is 0. The van der Waals surface area contributed by atoms with Crippen LogP contribution in [0.1, 0.15) is 49.5 Å². The van der Waals surface area contributed by atoms with Crippen molar-refractivity contribution in [2.75, 3.05) is 20.3 Å². The Balaban J connectivity index is 0.000000732. The fraction of sp³-hybridized carbons (Fsp3) is 0.333. The molecule has 0 spiro atoms. The lowest BCUT2D eigenvalue weighted by Crippen LogP contribution is -2.26. The molecule has 0 aliphatic rings. The van der Waals surface area contributed by atoms with Crippen molar-refractivity contribution >= 4 is 12.2 Å². The lowest BCUT2D eigenvalue weighted by Gasteiger charge is -2.08. The van der Waals surface area contributed by atoms with Gasteiger partial charge in [-0.2, -0.15) is 5.10 Å². The van der Waals surface area contributed by atoms with Gasteiger partial charge in [-0.05, 0) is 30.7 Å². The maximum atomic E-state index is 12.1. The van der Waals surface area contributed by atoms with E-state index in [-0.39, 0.29) is 11.5 Å². The molecule has 7 heteroatoms. The first-order chi connectivity index (χ1) is 16.5. The van der Waals surface area contributed by atoms with Crippen molar-refractivity contribution in [2.45, 2.75) is 40.2 Å². The highest BCUT2D eigenvalue weighted by Gasteiger charge is 2.08. The first kappa shape index (κ1) is 28.5. The second kappa shape index (κ2) is 17.0. The number of benzene rings is 2. The summed E-state index contributed by atoms with van der Waals surface area (Å²) in [6.07, 6.45) is 3.39. The molecule has 0 saturated carbocycles. The van der Waals surface area contributed by atoms with Crippen LogP contribution in [0, 0.1) is 0 Å². The predicted molar refractivity (Wildman–Crippen MR) is 136 cm³/mol. The number of aromatic nitrogens is 2. The number of methoxy groups -OCH3 is 1. The van der Waals surface area contributed by atoms with E-state index >= 15 is 0 Å². The topological polar surface area (TPSA) is 90.3 Å². The Morgan fingerprint density at radius 3 is 2.18 bits per heavy atom. The average molecular weight is 466 g/mol. The quantitative estimate of drug-likeness (QED) is 0.395. The highest BCUT2D eigenvalue weighted by molar-refractivity contribution is 5.94. The average Bonchev–Trinajstić information content (AvgIpc) is 2.87. The van der Waals surface area contributed by atoms with E-state index in [2.05, 4.69) is 24.3 Å². The standard InChI is InChI=1S/C21H21N3O3.C4H10.C2H4O/c1-27-14-13-22-21(26)18-9-7-17(8-10-18)19-11-12-20(25)24(23-19)15-16-5-3-2-4-6-16;1-3-4-2;1-2-3/h2-12H,13-15H2,1H3,(H,22,26);3-4H2,1-2H3;2H,1H3. The van der Waals surface area contributed by atoms with E-state index in [1.165, 1.54) is 30.5 Å². The van der Waals surface area contributed by atoms with Crippen LogP contribution < -0.4 is 10.9 Å². The minimum absolute atomic E-state index is 0.152. The lowest BCUT2D eigenvalue weighted by molar-refractivity contribution is -0.106. The minimum atomic E-state index is -0.156. The van der Waals surface area contributed by atoms with E-state index < -0.39 is 0 Å². The second-order valence-corrected chi connectivity index (χ2v) is 7.26. The molecule has 1 amide bonds. The first-order valence-electron chi connectivity index (χ1n) is 11.4. The monoisotopic (exact) mass is 465 g/mol. The Labute approximate surface area is 201 Å². The Bertz CT molecular complexity index is 1030. The van der Waals surface area contributed by atoms with Gasteiger partial charge < -0.3 is 14.8 Å². The molecule has 1 N–H and O–H groups in total. The second-order valence-electron chi connectivity index (χ2n) is 7.26. The minimum Gasteiger partial charge on any atom is -0.383 e. The Hall–Kier alpha value is -3.58. The van der Waals surface area contributed by atoms with Crippen LogP contribution in [0.25, 0.3) is 11.3 Å². The molecule has 0 radical (unpaired) electrons. The molecule has 0 aliphatic carbocycles. The molecule has 0 unspecified atom stereocenters. The number of carbonyl (C=O) groups excluding carboxylic acids is 2. The molecule has 1 heterocycles. The van der Waals surface area contributed by atoms with E-state index in [9.17, 15) is 9.59 Å². The van der Waals surface area contributed by atoms with Gasteiger partial charge in [-0.15, -0.1) is 0 Å². The molecule has 7 nitrogen and oxygen atoms in total. The SMILES string of the molecule is CC=O.CCCC.COCCNC(=O)c1ccc(-c2ccc(=O)n(Cc3ccccc3)n2)cc1. The molecule has 3 rings (SSSR count). The fourth-order valence-electron chi connectivity index (χ4n) is 2.63. The van der Waals surface area contributed by atoms with Crippen molar-refractivity contribution < 1.29 is 14.3 Å². The molecule has 0 bridgehead atoms. The predicted octanol–water partition coefficient (Wildman–Crippen LogP) is 4.35. The van der Waals surface area contributed by atoms with E-state index in [4.69, 9.17) is 9.53 Å². The third kappa shape index (κ3) is 10.4. The lowest BCUT2D eigenvalue weighted by atomic mass is 10.1. The van der Waals surface area contributed by atoms with Gasteiger partial charge in [-0.25, -0.2) is 4.68 Å². The summed E-state index contributed by atoms with van der Waals surface area (Å²) in [7, 11) is 1.59. The number of ether oxygens (including phenoxy) is 1. The Kier molecular flexibility index (Phi) is 14.2. The fourth-order valence-corrected chi connectivity index (χ4v) is 2.63. The number of carbonyl (C=O) groups is 2. The van der Waals surface area contributed by atoms with Gasteiger partial charge in [0.25, 0.3) is 11.5 Å². The van der Waals surface area contributed by atoms with E-state index in [1.807, 2.05) is 42.5 Å². The summed E-state index contributed by atoms with van der Waals surface area (Å²) in [6.45, 7) is 7.15. The van der Waals surface area contributed by atoms with Crippen molar-refractivity contribution in [3.05, 3.63) is 88.2 Å². The number of nitrogens with one attached hydrogen (secondary N) is 1. The van der Waals surface area contributed by atoms with Crippen LogP contribution in [-0.4, -0.2) is 42.2 Å². The van der Waals surface area contributed by atoms with Crippen molar-refractivity contribution in [1.29, 1.82) is 0 Å². The summed E-state index contributed by atoms with van der Waals surface area (Å²) in [5, 5.41) is 7.24. The van der Waals surface area contributed by atoms with Gasteiger partial charge in [-0.1, -0.05) is 69.2 Å². The molecule has 1 aromatic heterocycles. The van der Waals surface area contributed by atoms with Crippen LogP contribution >= 0.6 is 0 Å². The molecule has 3 aromatic rings. The van der Waals surface area contributed by atoms with Crippen molar-refractivity contribution in [3.63, 3.8) is 0 Å². The van der Waals surface area contributed by atoms with Gasteiger partial charge in [0.2, 0.25) is 0 Å². The molecular formula is C27H35N3O4. The van der Waals surface area contributed by atoms with Crippen molar-refractivity contribution in [1.82, 2.24) is 15.1 Å². The normalized spacial score (nSPS) is 9.65. The number of rotatable bonds is 8. The summed E-state index contributed by atoms with van der Waals surface area (Å²) < 4.78 is 6.36. The highest BCUT2D eigenvalue weighted by Crippen LogP contribution is 2.16. The van der Waals surface area contributed by atoms with E-state index in [0.717, 1.165) is 17.4 Å².